The van der Waals surface area contributed by atoms with E-state index in [0.717, 1.165) is 6.07 Å². The third-order valence-electron chi connectivity index (χ3n) is 5.65. The highest BCUT2D eigenvalue weighted by atomic mass is 35.5. The van der Waals surface area contributed by atoms with E-state index in [2.05, 4.69) is 4.98 Å². The van der Waals surface area contributed by atoms with Gasteiger partial charge in [0.1, 0.15) is 12.4 Å². The number of piperazine rings is 1. The fourth-order valence-corrected chi connectivity index (χ4v) is 3.97. The molecule has 0 bridgehead atoms. The zero-order chi connectivity index (χ0) is 23.0. The molecular weight excluding hydrogens is 461 g/mol. The molecule has 0 spiro atoms. The Morgan fingerprint density at radius 1 is 1.12 bits per heavy atom. The third-order valence-corrected chi connectivity index (χ3v) is 5.65. The minimum Gasteiger partial charge on any atom is -0.447 e. The van der Waals surface area contributed by atoms with Gasteiger partial charge < -0.3 is 14.5 Å². The Kier molecular flexibility index (Phi) is 7.06. The van der Waals surface area contributed by atoms with Gasteiger partial charge >= 0.3 is 12.3 Å². The quantitative estimate of drug-likeness (QED) is 0.655. The standard InChI is InChI=1S/C22H23F3N4O3.ClH/c1-14-11-18(22(23,24)25)19(26-12-14)27-7-9-28(10-8-27)20(30)16-3-5-17(6-4-16)29-15(2)13-32-21(29)31;/h3-6,11-12,15H,7-10,13H2,1-2H3;1H. The zero-order valence-electron chi connectivity index (χ0n) is 18.1. The zero-order valence-corrected chi connectivity index (χ0v) is 18.9. The molecule has 3 heterocycles. The summed E-state index contributed by atoms with van der Waals surface area (Å²) in [7, 11) is 0. The van der Waals surface area contributed by atoms with Gasteiger partial charge in [-0.05, 0) is 49.7 Å². The van der Waals surface area contributed by atoms with Crippen molar-refractivity contribution in [3.63, 3.8) is 0 Å². The molecule has 33 heavy (non-hydrogen) atoms. The SMILES string of the molecule is Cc1cnc(N2CCN(C(=O)c3ccc(N4C(=O)OCC4C)cc3)CC2)c(C(F)(F)F)c1.Cl. The number of aromatic nitrogens is 1. The number of cyclic esters (lactones) is 1. The lowest BCUT2D eigenvalue weighted by molar-refractivity contribution is -0.137. The van der Waals surface area contributed by atoms with E-state index >= 15 is 0 Å². The van der Waals surface area contributed by atoms with Gasteiger partial charge in [-0.15, -0.1) is 12.4 Å². The first kappa shape index (κ1) is 24.6. The van der Waals surface area contributed by atoms with E-state index in [1.54, 1.807) is 41.0 Å². The average molecular weight is 485 g/mol. The van der Waals surface area contributed by atoms with E-state index in [-0.39, 0.29) is 56.4 Å². The van der Waals surface area contributed by atoms with E-state index in [1.807, 2.05) is 6.92 Å². The summed E-state index contributed by atoms with van der Waals surface area (Å²) in [6.45, 7) is 4.82. The summed E-state index contributed by atoms with van der Waals surface area (Å²) in [4.78, 5) is 33.5. The van der Waals surface area contributed by atoms with Crippen LogP contribution in [-0.2, 0) is 10.9 Å². The fourth-order valence-electron chi connectivity index (χ4n) is 3.97. The molecule has 1 aromatic heterocycles. The summed E-state index contributed by atoms with van der Waals surface area (Å²) in [5.41, 5.74) is 0.774. The van der Waals surface area contributed by atoms with Crippen molar-refractivity contribution >= 4 is 35.9 Å². The summed E-state index contributed by atoms with van der Waals surface area (Å²) in [6, 6.07) is 7.68. The highest BCUT2D eigenvalue weighted by Crippen LogP contribution is 2.36. The Balaban J connectivity index is 0.00000306. The Morgan fingerprint density at radius 2 is 1.76 bits per heavy atom. The van der Waals surface area contributed by atoms with E-state index in [4.69, 9.17) is 4.74 Å². The molecule has 1 unspecified atom stereocenters. The van der Waals surface area contributed by atoms with Crippen LogP contribution >= 0.6 is 12.4 Å². The lowest BCUT2D eigenvalue weighted by atomic mass is 10.1. The number of hydrogen-bond donors (Lipinski definition) is 0. The molecule has 0 saturated carbocycles. The van der Waals surface area contributed by atoms with Crippen LogP contribution in [0.4, 0.5) is 29.5 Å². The van der Waals surface area contributed by atoms with Crippen LogP contribution < -0.4 is 9.80 Å². The van der Waals surface area contributed by atoms with Crippen LogP contribution in [0.25, 0.3) is 0 Å². The largest absolute Gasteiger partial charge is 0.447 e. The molecule has 2 amide bonds. The van der Waals surface area contributed by atoms with Gasteiger partial charge in [0.15, 0.2) is 0 Å². The van der Waals surface area contributed by atoms with Gasteiger partial charge in [0.2, 0.25) is 0 Å². The summed E-state index contributed by atoms with van der Waals surface area (Å²) >= 11 is 0. The van der Waals surface area contributed by atoms with Crippen LogP contribution in [0.2, 0.25) is 0 Å². The number of pyridine rings is 1. The number of halogens is 4. The average Bonchev–Trinajstić information content (AvgIpc) is 3.11. The Hall–Kier alpha value is -3.01. The number of carbonyl (C=O) groups is 2. The first-order valence-corrected chi connectivity index (χ1v) is 10.3. The number of alkyl halides is 3. The first-order chi connectivity index (χ1) is 15.1. The normalized spacial score (nSPS) is 18.8. The second kappa shape index (κ2) is 9.46. The summed E-state index contributed by atoms with van der Waals surface area (Å²) < 4.78 is 45.3. The van der Waals surface area contributed by atoms with Crippen LogP contribution in [-0.4, -0.2) is 60.7 Å². The Morgan fingerprint density at radius 3 is 2.30 bits per heavy atom. The fraction of sp³-hybridized carbons (Fsp3) is 0.409. The molecule has 0 N–H and O–H groups in total. The van der Waals surface area contributed by atoms with Crippen LogP contribution in [0.3, 0.4) is 0 Å². The maximum atomic E-state index is 13.4. The van der Waals surface area contributed by atoms with Gasteiger partial charge in [-0.1, -0.05) is 0 Å². The molecule has 2 saturated heterocycles. The van der Waals surface area contributed by atoms with Gasteiger partial charge in [-0.25, -0.2) is 9.78 Å². The third kappa shape index (κ3) is 5.00. The van der Waals surface area contributed by atoms with Crippen molar-refractivity contribution in [2.24, 2.45) is 0 Å². The number of rotatable bonds is 3. The molecule has 2 aliphatic rings. The minimum absolute atomic E-state index is 0. The number of aryl methyl sites for hydroxylation is 1. The predicted octanol–water partition coefficient (Wildman–Crippen LogP) is 4.14. The van der Waals surface area contributed by atoms with Crippen LogP contribution in [0.1, 0.15) is 28.4 Å². The number of carbonyl (C=O) groups excluding carboxylic acids is 2. The van der Waals surface area contributed by atoms with E-state index in [9.17, 15) is 22.8 Å². The highest BCUT2D eigenvalue weighted by Gasteiger charge is 2.37. The molecule has 7 nitrogen and oxygen atoms in total. The van der Waals surface area contributed by atoms with Crippen molar-refractivity contribution < 1.29 is 27.5 Å². The summed E-state index contributed by atoms with van der Waals surface area (Å²) in [6.07, 6.45) is -3.50. The molecular formula is C22H24ClF3N4O3. The molecule has 2 fully saturated rings. The van der Waals surface area contributed by atoms with Crippen molar-refractivity contribution in [2.45, 2.75) is 26.1 Å². The molecule has 178 valence electrons. The highest BCUT2D eigenvalue weighted by molar-refractivity contribution is 5.96. The maximum Gasteiger partial charge on any atom is 0.419 e. The Labute approximate surface area is 195 Å². The van der Waals surface area contributed by atoms with Crippen LogP contribution in [0.5, 0.6) is 0 Å². The van der Waals surface area contributed by atoms with Crippen molar-refractivity contribution in [1.29, 1.82) is 0 Å². The lowest BCUT2D eigenvalue weighted by Gasteiger charge is -2.36. The molecule has 2 aliphatic heterocycles. The van der Waals surface area contributed by atoms with Crippen LogP contribution in [0, 0.1) is 6.92 Å². The van der Waals surface area contributed by atoms with E-state index < -0.39 is 17.8 Å². The number of amides is 2. The molecule has 1 aromatic carbocycles. The summed E-state index contributed by atoms with van der Waals surface area (Å²) in [5.74, 6) is -0.313. The van der Waals surface area contributed by atoms with Crippen molar-refractivity contribution in [1.82, 2.24) is 9.88 Å². The molecule has 0 aliphatic carbocycles. The molecule has 2 aromatic rings. The molecule has 0 radical (unpaired) electrons. The van der Waals surface area contributed by atoms with Gasteiger partial charge in [-0.2, -0.15) is 13.2 Å². The van der Waals surface area contributed by atoms with Gasteiger partial charge in [0, 0.05) is 43.6 Å². The smallest absolute Gasteiger partial charge is 0.419 e. The lowest BCUT2D eigenvalue weighted by Crippen LogP contribution is -2.49. The summed E-state index contributed by atoms with van der Waals surface area (Å²) in [5, 5.41) is 0. The first-order valence-electron chi connectivity index (χ1n) is 10.3. The number of benzene rings is 1. The molecule has 1 atom stereocenters. The van der Waals surface area contributed by atoms with Crippen LogP contribution in [0.15, 0.2) is 36.5 Å². The number of ether oxygens (including phenoxy) is 1. The van der Waals surface area contributed by atoms with Crippen molar-refractivity contribution in [3.8, 4) is 0 Å². The number of anilines is 2. The number of hydrogen-bond acceptors (Lipinski definition) is 5. The molecule has 11 heteroatoms. The van der Waals surface area contributed by atoms with Crippen molar-refractivity contribution in [3.05, 3.63) is 53.2 Å². The number of nitrogens with zero attached hydrogens (tertiary/aromatic N) is 4. The maximum absolute atomic E-state index is 13.4. The topological polar surface area (TPSA) is 66.0 Å². The second-order valence-corrected chi connectivity index (χ2v) is 8.00. The molecule has 4 rings (SSSR count). The van der Waals surface area contributed by atoms with Gasteiger partial charge in [0.05, 0.1) is 11.6 Å². The monoisotopic (exact) mass is 484 g/mol. The van der Waals surface area contributed by atoms with Crippen molar-refractivity contribution in [2.75, 3.05) is 42.6 Å². The second-order valence-electron chi connectivity index (χ2n) is 8.00. The van der Waals surface area contributed by atoms with E-state index in [0.29, 0.717) is 23.4 Å². The minimum atomic E-state index is -4.50. The Bertz CT molecular complexity index is 1020. The van der Waals surface area contributed by atoms with E-state index in [1.165, 1.54) is 11.1 Å². The predicted molar refractivity (Wildman–Crippen MR) is 119 cm³/mol. The van der Waals surface area contributed by atoms with Gasteiger partial charge in [-0.3, -0.25) is 9.69 Å². The van der Waals surface area contributed by atoms with Gasteiger partial charge in [0.25, 0.3) is 5.91 Å².